The maximum absolute atomic E-state index is 13.0. The van der Waals surface area contributed by atoms with Crippen molar-refractivity contribution in [2.24, 2.45) is 0 Å². The Morgan fingerprint density at radius 1 is 0.882 bits per heavy atom. The zero-order chi connectivity index (χ0) is 24.5. The second kappa shape index (κ2) is 9.88. The first-order valence-electron chi connectivity index (χ1n) is 10.2. The number of hydrogen-bond donors (Lipinski definition) is 1. The number of aromatic nitrogens is 2. The van der Waals surface area contributed by atoms with E-state index in [1.807, 2.05) is 54.6 Å². The van der Waals surface area contributed by atoms with Gasteiger partial charge in [-0.15, -0.1) is 0 Å². The number of ether oxygens (including phenoxy) is 1. The number of sulfonamides is 1. The molecule has 6 nitrogen and oxygen atoms in total. The summed E-state index contributed by atoms with van der Waals surface area (Å²) in [5.41, 5.74) is 2.49. The fourth-order valence-electron chi connectivity index (χ4n) is 3.40. The summed E-state index contributed by atoms with van der Waals surface area (Å²) >= 11 is 18.1. The van der Waals surface area contributed by atoms with E-state index in [2.05, 4.69) is 9.82 Å². The molecule has 1 heterocycles. The Hall–Kier alpha value is -2.71. The van der Waals surface area contributed by atoms with Crippen LogP contribution in [-0.2, 0) is 16.6 Å². The molecular formula is C24H20Cl3N3O3S. The topological polar surface area (TPSA) is 73.2 Å². The first-order valence-corrected chi connectivity index (χ1v) is 12.8. The normalized spacial score (nSPS) is 11.4. The zero-order valence-electron chi connectivity index (χ0n) is 18.2. The Labute approximate surface area is 213 Å². The molecule has 0 bridgehead atoms. The lowest BCUT2D eigenvalue weighted by Gasteiger charge is -2.12. The molecule has 0 aliphatic rings. The van der Waals surface area contributed by atoms with Crippen molar-refractivity contribution in [3.05, 3.63) is 98.7 Å². The molecule has 0 unspecified atom stereocenters. The van der Waals surface area contributed by atoms with Crippen molar-refractivity contribution < 1.29 is 13.2 Å². The minimum absolute atomic E-state index is 0.0279. The van der Waals surface area contributed by atoms with Gasteiger partial charge in [-0.25, -0.2) is 8.42 Å². The molecule has 0 amide bonds. The molecule has 3 aromatic carbocycles. The number of nitrogens with zero attached hydrogens (tertiary/aromatic N) is 2. The van der Waals surface area contributed by atoms with Crippen LogP contribution in [0.25, 0.3) is 0 Å². The van der Waals surface area contributed by atoms with E-state index in [4.69, 9.17) is 39.5 Å². The van der Waals surface area contributed by atoms with Crippen molar-refractivity contribution in [2.45, 2.75) is 25.3 Å². The van der Waals surface area contributed by atoms with E-state index in [1.165, 1.54) is 12.1 Å². The molecular weight excluding hydrogens is 517 g/mol. The van der Waals surface area contributed by atoms with Gasteiger partial charge in [0, 0.05) is 0 Å². The Morgan fingerprint density at radius 2 is 1.56 bits per heavy atom. The SMILES string of the molecule is Cc1nn(Cc2cccc(Oc3ccccc3)c2)c(C)c1NS(=O)(=O)c1cc(Cl)c(Cl)cc1Cl. The van der Waals surface area contributed by atoms with Gasteiger partial charge < -0.3 is 4.74 Å². The second-order valence-electron chi connectivity index (χ2n) is 7.57. The minimum atomic E-state index is -4.03. The van der Waals surface area contributed by atoms with E-state index in [0.717, 1.165) is 11.3 Å². The number of anilines is 1. The fraction of sp³-hybridized carbons (Fsp3) is 0.125. The van der Waals surface area contributed by atoms with E-state index >= 15 is 0 Å². The average Bonchev–Trinajstić information content (AvgIpc) is 3.04. The average molecular weight is 537 g/mol. The monoisotopic (exact) mass is 535 g/mol. The first kappa shape index (κ1) is 24.4. The largest absolute Gasteiger partial charge is 0.457 e. The number of rotatable bonds is 7. The van der Waals surface area contributed by atoms with Crippen molar-refractivity contribution in [3.63, 3.8) is 0 Å². The van der Waals surface area contributed by atoms with Gasteiger partial charge in [0.25, 0.3) is 10.0 Å². The predicted molar refractivity (Wildman–Crippen MR) is 136 cm³/mol. The number of halogens is 3. The van der Waals surface area contributed by atoms with Gasteiger partial charge in [0.05, 0.1) is 38.7 Å². The molecule has 0 saturated heterocycles. The van der Waals surface area contributed by atoms with Crippen LogP contribution in [0.1, 0.15) is 17.0 Å². The molecule has 34 heavy (non-hydrogen) atoms. The molecule has 4 rings (SSSR count). The smallest absolute Gasteiger partial charge is 0.263 e. The number of aryl methyl sites for hydroxylation is 1. The molecule has 0 spiro atoms. The highest BCUT2D eigenvalue weighted by Crippen LogP contribution is 2.33. The highest BCUT2D eigenvalue weighted by Gasteiger charge is 2.23. The predicted octanol–water partition coefficient (Wildman–Crippen LogP) is 7.10. The van der Waals surface area contributed by atoms with Gasteiger partial charge >= 0.3 is 0 Å². The number of nitrogens with one attached hydrogen (secondary N) is 1. The Balaban J connectivity index is 1.58. The summed E-state index contributed by atoms with van der Waals surface area (Å²) in [5.74, 6) is 1.43. The Kier molecular flexibility index (Phi) is 7.09. The van der Waals surface area contributed by atoms with Gasteiger partial charge in [-0.2, -0.15) is 5.10 Å². The fourth-order valence-corrected chi connectivity index (χ4v) is 5.58. The molecule has 0 aliphatic heterocycles. The molecule has 10 heteroatoms. The molecule has 0 saturated carbocycles. The number of hydrogen-bond acceptors (Lipinski definition) is 4. The van der Waals surface area contributed by atoms with Crippen LogP contribution in [0.4, 0.5) is 5.69 Å². The highest BCUT2D eigenvalue weighted by atomic mass is 35.5. The van der Waals surface area contributed by atoms with Crippen LogP contribution in [0.2, 0.25) is 15.1 Å². The highest BCUT2D eigenvalue weighted by molar-refractivity contribution is 7.92. The van der Waals surface area contributed by atoms with Crippen LogP contribution in [-0.4, -0.2) is 18.2 Å². The van der Waals surface area contributed by atoms with Crippen molar-refractivity contribution in [1.29, 1.82) is 0 Å². The van der Waals surface area contributed by atoms with Crippen LogP contribution in [0, 0.1) is 13.8 Å². The third kappa shape index (κ3) is 5.33. The number of benzene rings is 3. The molecule has 176 valence electrons. The molecule has 1 aromatic heterocycles. The third-order valence-electron chi connectivity index (χ3n) is 5.09. The minimum Gasteiger partial charge on any atom is -0.457 e. The van der Waals surface area contributed by atoms with Crippen LogP contribution in [0.15, 0.2) is 71.6 Å². The standard InChI is InChI=1S/C24H20Cl3N3O3S/c1-15-24(29-34(31,32)23-13-21(26)20(25)12-22(23)27)16(2)30(28-15)14-17-7-6-10-19(11-17)33-18-8-4-3-5-9-18/h3-13,29H,14H2,1-2H3. The molecule has 0 radical (unpaired) electrons. The van der Waals surface area contributed by atoms with Crippen molar-refractivity contribution in [1.82, 2.24) is 9.78 Å². The van der Waals surface area contributed by atoms with Gasteiger partial charge in [0.2, 0.25) is 0 Å². The lowest BCUT2D eigenvalue weighted by molar-refractivity contribution is 0.481. The van der Waals surface area contributed by atoms with E-state index in [-0.39, 0.29) is 20.0 Å². The summed E-state index contributed by atoms with van der Waals surface area (Å²) in [4.78, 5) is -0.166. The van der Waals surface area contributed by atoms with Crippen LogP contribution in [0.3, 0.4) is 0 Å². The molecule has 1 N–H and O–H groups in total. The van der Waals surface area contributed by atoms with Gasteiger partial charge in [0.1, 0.15) is 16.4 Å². The maximum Gasteiger partial charge on any atom is 0.263 e. The van der Waals surface area contributed by atoms with Crippen molar-refractivity contribution in [3.8, 4) is 11.5 Å². The van der Waals surface area contributed by atoms with E-state index in [9.17, 15) is 8.42 Å². The number of para-hydroxylation sites is 1. The van der Waals surface area contributed by atoms with Gasteiger partial charge in [-0.1, -0.05) is 65.1 Å². The van der Waals surface area contributed by atoms with Crippen molar-refractivity contribution in [2.75, 3.05) is 4.72 Å². The molecule has 0 atom stereocenters. The van der Waals surface area contributed by atoms with E-state index < -0.39 is 10.0 Å². The van der Waals surface area contributed by atoms with E-state index in [1.54, 1.807) is 18.5 Å². The first-order chi connectivity index (χ1) is 16.1. The Morgan fingerprint density at radius 3 is 2.29 bits per heavy atom. The zero-order valence-corrected chi connectivity index (χ0v) is 21.3. The summed E-state index contributed by atoms with van der Waals surface area (Å²) in [6.07, 6.45) is 0. The summed E-state index contributed by atoms with van der Waals surface area (Å²) in [6.45, 7) is 3.94. The van der Waals surface area contributed by atoms with E-state index in [0.29, 0.717) is 29.4 Å². The molecule has 0 fully saturated rings. The van der Waals surface area contributed by atoms with Crippen LogP contribution < -0.4 is 9.46 Å². The van der Waals surface area contributed by atoms with Gasteiger partial charge in [0.15, 0.2) is 0 Å². The van der Waals surface area contributed by atoms with Crippen LogP contribution in [0.5, 0.6) is 11.5 Å². The summed E-state index contributed by atoms with van der Waals surface area (Å²) in [5, 5.41) is 4.75. The Bertz CT molecular complexity index is 1460. The third-order valence-corrected chi connectivity index (χ3v) is 7.63. The lowest BCUT2D eigenvalue weighted by Crippen LogP contribution is -2.15. The quantitative estimate of drug-likeness (QED) is 0.256. The van der Waals surface area contributed by atoms with Gasteiger partial charge in [-0.3, -0.25) is 9.40 Å². The van der Waals surface area contributed by atoms with Gasteiger partial charge in [-0.05, 0) is 55.8 Å². The second-order valence-corrected chi connectivity index (χ2v) is 10.4. The lowest BCUT2D eigenvalue weighted by atomic mass is 10.2. The van der Waals surface area contributed by atoms with Crippen molar-refractivity contribution >= 4 is 50.5 Å². The molecule has 4 aromatic rings. The summed E-state index contributed by atoms with van der Waals surface area (Å²) in [7, 11) is -4.03. The van der Waals surface area contributed by atoms with Crippen LogP contribution >= 0.6 is 34.8 Å². The maximum atomic E-state index is 13.0. The summed E-state index contributed by atoms with van der Waals surface area (Å²) in [6, 6.07) is 19.7. The summed E-state index contributed by atoms with van der Waals surface area (Å²) < 4.78 is 36.3. The molecule has 0 aliphatic carbocycles.